The number of aryl methyl sites for hydroxylation is 1. The molecule has 0 aromatic carbocycles. The van der Waals surface area contributed by atoms with Gasteiger partial charge >= 0.3 is 0 Å². The van der Waals surface area contributed by atoms with Gasteiger partial charge < -0.3 is 5.73 Å². The lowest BCUT2D eigenvalue weighted by molar-refractivity contribution is 0.516. The largest absolute Gasteiger partial charge is 0.329 e. The normalized spacial score (nSPS) is 14.4. The van der Waals surface area contributed by atoms with E-state index in [4.69, 9.17) is 12.2 Å². The molecule has 0 saturated carbocycles. The van der Waals surface area contributed by atoms with E-state index in [1.165, 1.54) is 0 Å². The number of aromatic nitrogens is 2. The zero-order chi connectivity index (χ0) is 12.0. The molecule has 0 aliphatic rings. The van der Waals surface area contributed by atoms with E-state index in [-0.39, 0.29) is 12.1 Å². The molecule has 4 heteroatoms. The van der Waals surface area contributed by atoms with Crippen LogP contribution in [0.1, 0.15) is 31.9 Å². The summed E-state index contributed by atoms with van der Waals surface area (Å²) in [6.07, 6.45) is 10.3. The average Bonchev–Trinajstić information content (AvgIpc) is 2.74. The quantitative estimate of drug-likeness (QED) is 0.700. The number of terminal acetylenes is 1. The van der Waals surface area contributed by atoms with Gasteiger partial charge in [-0.2, -0.15) is 5.10 Å². The first-order valence-electron chi connectivity index (χ1n) is 5.65. The van der Waals surface area contributed by atoms with Crippen LogP contribution in [0.4, 0.5) is 0 Å². The maximum atomic E-state index is 5.72. The van der Waals surface area contributed by atoms with Crippen molar-refractivity contribution in [2.45, 2.75) is 38.9 Å². The van der Waals surface area contributed by atoms with E-state index in [1.807, 2.05) is 24.0 Å². The standard InChI is InChI=1S/C12H20N4/c1-4-6-16-9-11(8-14-16)12(7-13)15-10(3)5-2/h2,8-10,12,15H,4,6-7,13H2,1,3H3. The molecule has 0 spiro atoms. The van der Waals surface area contributed by atoms with Gasteiger partial charge in [-0.15, -0.1) is 6.42 Å². The minimum absolute atomic E-state index is 0.0167. The van der Waals surface area contributed by atoms with Gasteiger partial charge in [0.15, 0.2) is 0 Å². The van der Waals surface area contributed by atoms with Crippen LogP contribution >= 0.6 is 0 Å². The second-order valence-electron chi connectivity index (χ2n) is 3.88. The number of hydrogen-bond acceptors (Lipinski definition) is 3. The van der Waals surface area contributed by atoms with Crippen molar-refractivity contribution in [1.82, 2.24) is 15.1 Å². The van der Waals surface area contributed by atoms with Crippen LogP contribution in [0.25, 0.3) is 0 Å². The summed E-state index contributed by atoms with van der Waals surface area (Å²) >= 11 is 0. The molecule has 0 aliphatic carbocycles. The smallest absolute Gasteiger partial charge is 0.0663 e. The van der Waals surface area contributed by atoms with Crippen LogP contribution in [0.3, 0.4) is 0 Å². The Morgan fingerprint density at radius 1 is 1.69 bits per heavy atom. The molecule has 0 bridgehead atoms. The highest BCUT2D eigenvalue weighted by atomic mass is 15.3. The maximum Gasteiger partial charge on any atom is 0.0663 e. The van der Waals surface area contributed by atoms with Crippen molar-refractivity contribution in [1.29, 1.82) is 0 Å². The van der Waals surface area contributed by atoms with Crippen LogP contribution in [-0.4, -0.2) is 22.4 Å². The topological polar surface area (TPSA) is 55.9 Å². The summed E-state index contributed by atoms with van der Waals surface area (Å²) < 4.78 is 1.93. The second-order valence-corrected chi connectivity index (χ2v) is 3.88. The van der Waals surface area contributed by atoms with Gasteiger partial charge in [-0.1, -0.05) is 12.8 Å². The first kappa shape index (κ1) is 12.8. The van der Waals surface area contributed by atoms with Gasteiger partial charge in [-0.25, -0.2) is 0 Å². The van der Waals surface area contributed by atoms with E-state index in [0.29, 0.717) is 6.54 Å². The third kappa shape index (κ3) is 3.37. The zero-order valence-corrected chi connectivity index (χ0v) is 9.98. The second kappa shape index (κ2) is 6.31. The number of nitrogens with one attached hydrogen (secondary N) is 1. The van der Waals surface area contributed by atoms with Gasteiger partial charge in [-0.3, -0.25) is 10.00 Å². The van der Waals surface area contributed by atoms with Crippen molar-refractivity contribution in [3.63, 3.8) is 0 Å². The molecule has 1 rings (SSSR count). The average molecular weight is 220 g/mol. The third-order valence-corrected chi connectivity index (χ3v) is 2.45. The summed E-state index contributed by atoms with van der Waals surface area (Å²) in [5.41, 5.74) is 6.82. The molecule has 1 heterocycles. The highest BCUT2D eigenvalue weighted by molar-refractivity contribution is 5.12. The summed E-state index contributed by atoms with van der Waals surface area (Å²) in [6, 6.07) is 0.0970. The molecule has 4 nitrogen and oxygen atoms in total. The summed E-state index contributed by atoms with van der Waals surface area (Å²) in [5, 5.41) is 7.55. The molecule has 0 saturated heterocycles. The van der Waals surface area contributed by atoms with E-state index in [1.54, 1.807) is 0 Å². The summed E-state index contributed by atoms with van der Waals surface area (Å²) in [5.74, 6) is 2.64. The van der Waals surface area contributed by atoms with Crippen LogP contribution < -0.4 is 11.1 Å². The first-order chi connectivity index (χ1) is 7.71. The van der Waals surface area contributed by atoms with Crippen molar-refractivity contribution in [3.05, 3.63) is 18.0 Å². The lowest BCUT2D eigenvalue weighted by Crippen LogP contribution is -2.33. The Morgan fingerprint density at radius 3 is 3.00 bits per heavy atom. The Bertz CT molecular complexity index is 350. The minimum atomic E-state index is 0.0167. The SMILES string of the molecule is C#CC(C)NC(CN)c1cnn(CCC)c1. The summed E-state index contributed by atoms with van der Waals surface area (Å²) in [7, 11) is 0. The first-order valence-corrected chi connectivity index (χ1v) is 5.65. The minimum Gasteiger partial charge on any atom is -0.329 e. The summed E-state index contributed by atoms with van der Waals surface area (Å²) in [4.78, 5) is 0. The van der Waals surface area contributed by atoms with Crippen LogP contribution in [0.5, 0.6) is 0 Å². The Balaban J connectivity index is 2.67. The van der Waals surface area contributed by atoms with Gasteiger partial charge in [0.05, 0.1) is 12.2 Å². The number of nitrogens with zero attached hydrogens (tertiary/aromatic N) is 2. The highest BCUT2D eigenvalue weighted by Gasteiger charge is 2.13. The molecule has 2 atom stereocenters. The van der Waals surface area contributed by atoms with E-state index >= 15 is 0 Å². The number of nitrogens with two attached hydrogens (primary N) is 1. The van der Waals surface area contributed by atoms with Crippen LogP contribution in [-0.2, 0) is 6.54 Å². The fourth-order valence-corrected chi connectivity index (χ4v) is 1.56. The van der Waals surface area contributed by atoms with Crippen LogP contribution in [0.2, 0.25) is 0 Å². The Labute approximate surface area is 97.2 Å². The molecule has 16 heavy (non-hydrogen) atoms. The van der Waals surface area contributed by atoms with Crippen molar-refractivity contribution in [3.8, 4) is 12.3 Å². The van der Waals surface area contributed by atoms with E-state index in [0.717, 1.165) is 18.5 Å². The molecule has 0 radical (unpaired) electrons. The van der Waals surface area contributed by atoms with Crippen LogP contribution in [0, 0.1) is 12.3 Å². The molecule has 0 fully saturated rings. The van der Waals surface area contributed by atoms with Gasteiger partial charge in [0, 0.05) is 30.9 Å². The van der Waals surface area contributed by atoms with Crippen LogP contribution in [0.15, 0.2) is 12.4 Å². The van der Waals surface area contributed by atoms with Crippen molar-refractivity contribution in [2.75, 3.05) is 6.54 Å². The molecule has 3 N–H and O–H groups in total. The Hall–Kier alpha value is -1.31. The van der Waals surface area contributed by atoms with Gasteiger partial charge in [0.2, 0.25) is 0 Å². The molecular weight excluding hydrogens is 200 g/mol. The van der Waals surface area contributed by atoms with E-state index in [2.05, 4.69) is 23.3 Å². The van der Waals surface area contributed by atoms with E-state index in [9.17, 15) is 0 Å². The third-order valence-electron chi connectivity index (χ3n) is 2.45. The fraction of sp³-hybridized carbons (Fsp3) is 0.583. The molecule has 88 valence electrons. The number of hydrogen-bond donors (Lipinski definition) is 2. The van der Waals surface area contributed by atoms with Crippen molar-refractivity contribution in [2.24, 2.45) is 5.73 Å². The molecule has 0 aliphatic heterocycles. The molecule has 2 unspecified atom stereocenters. The van der Waals surface area contributed by atoms with Gasteiger partial charge in [0.25, 0.3) is 0 Å². The monoisotopic (exact) mass is 220 g/mol. The lowest BCUT2D eigenvalue weighted by atomic mass is 10.1. The van der Waals surface area contributed by atoms with Gasteiger partial charge in [0.1, 0.15) is 0 Å². The number of rotatable bonds is 6. The molecular formula is C12H20N4. The fourth-order valence-electron chi connectivity index (χ4n) is 1.56. The zero-order valence-electron chi connectivity index (χ0n) is 9.98. The van der Waals surface area contributed by atoms with Crippen molar-refractivity contribution >= 4 is 0 Å². The Kier molecular flexibility index (Phi) is 5.03. The predicted molar refractivity (Wildman–Crippen MR) is 65.7 cm³/mol. The maximum absolute atomic E-state index is 5.72. The highest BCUT2D eigenvalue weighted by Crippen LogP contribution is 2.11. The lowest BCUT2D eigenvalue weighted by Gasteiger charge is -2.17. The predicted octanol–water partition coefficient (Wildman–Crippen LogP) is 0.904. The molecule has 0 amide bonds. The molecule has 1 aromatic rings. The summed E-state index contributed by atoms with van der Waals surface area (Å²) in [6.45, 7) is 5.52. The Morgan fingerprint density at radius 2 is 2.44 bits per heavy atom. The molecule has 1 aromatic heterocycles. The van der Waals surface area contributed by atoms with Gasteiger partial charge in [-0.05, 0) is 13.3 Å². The van der Waals surface area contributed by atoms with E-state index < -0.39 is 0 Å². The van der Waals surface area contributed by atoms with Crippen molar-refractivity contribution < 1.29 is 0 Å².